The average Bonchev–Trinajstić information content (AvgIpc) is 2.84. The van der Waals surface area contributed by atoms with Gasteiger partial charge in [0, 0.05) is 16.8 Å². The number of benzene rings is 2. The Labute approximate surface area is 122 Å². The monoisotopic (exact) mass is 280 g/mol. The maximum atomic E-state index is 12.0. The highest BCUT2D eigenvalue weighted by Crippen LogP contribution is 2.18. The van der Waals surface area contributed by atoms with Gasteiger partial charge in [0.15, 0.2) is 0 Å². The second-order valence-corrected chi connectivity index (χ2v) is 5.13. The van der Waals surface area contributed by atoms with Crippen LogP contribution in [-0.4, -0.2) is 16.2 Å². The average molecular weight is 280 g/mol. The number of rotatable bonds is 2. The molecule has 3 N–H and O–H groups in total. The first kappa shape index (κ1) is 13.2. The summed E-state index contributed by atoms with van der Waals surface area (Å²) in [5.41, 5.74) is 4.62. The second kappa shape index (κ2) is 5.28. The van der Waals surface area contributed by atoms with E-state index in [0.29, 0.717) is 5.69 Å². The fourth-order valence-electron chi connectivity index (χ4n) is 2.36. The summed E-state index contributed by atoms with van der Waals surface area (Å²) >= 11 is 0. The second-order valence-electron chi connectivity index (χ2n) is 5.13. The van der Waals surface area contributed by atoms with E-state index in [4.69, 9.17) is 0 Å². The number of aromatic nitrogens is 2. The summed E-state index contributed by atoms with van der Waals surface area (Å²) in [5, 5.41) is 13.5. The Hall–Kier alpha value is -2.82. The maximum Gasteiger partial charge on any atom is 0.323 e. The van der Waals surface area contributed by atoms with Crippen LogP contribution in [0.2, 0.25) is 0 Å². The van der Waals surface area contributed by atoms with Crippen molar-refractivity contribution in [2.75, 3.05) is 10.6 Å². The highest BCUT2D eigenvalue weighted by Gasteiger charge is 2.05. The molecule has 5 heteroatoms. The molecule has 5 nitrogen and oxygen atoms in total. The molecule has 2 amide bonds. The van der Waals surface area contributed by atoms with Crippen LogP contribution in [0.4, 0.5) is 16.2 Å². The van der Waals surface area contributed by atoms with Crippen molar-refractivity contribution in [3.63, 3.8) is 0 Å². The van der Waals surface area contributed by atoms with Crippen molar-refractivity contribution in [1.29, 1.82) is 0 Å². The van der Waals surface area contributed by atoms with Gasteiger partial charge in [0.25, 0.3) is 0 Å². The van der Waals surface area contributed by atoms with Gasteiger partial charge in [0.05, 0.1) is 11.7 Å². The number of carbonyl (C=O) groups excluding carboxylic acids is 1. The van der Waals surface area contributed by atoms with Gasteiger partial charge < -0.3 is 10.6 Å². The molecule has 106 valence electrons. The van der Waals surface area contributed by atoms with Gasteiger partial charge in [-0.15, -0.1) is 0 Å². The third-order valence-electron chi connectivity index (χ3n) is 3.18. The van der Waals surface area contributed by atoms with Crippen LogP contribution in [0.1, 0.15) is 11.1 Å². The van der Waals surface area contributed by atoms with Gasteiger partial charge in [0.1, 0.15) is 0 Å². The molecule has 0 atom stereocenters. The Morgan fingerprint density at radius 1 is 1.00 bits per heavy atom. The summed E-state index contributed by atoms with van der Waals surface area (Å²) in [6.45, 7) is 4.00. The van der Waals surface area contributed by atoms with E-state index in [1.54, 1.807) is 6.20 Å². The molecule has 0 saturated carbocycles. The van der Waals surface area contributed by atoms with E-state index >= 15 is 0 Å². The number of hydrogen-bond acceptors (Lipinski definition) is 2. The number of urea groups is 1. The van der Waals surface area contributed by atoms with Crippen molar-refractivity contribution in [2.24, 2.45) is 0 Å². The minimum Gasteiger partial charge on any atom is -0.308 e. The van der Waals surface area contributed by atoms with E-state index in [2.05, 4.69) is 26.9 Å². The minimum absolute atomic E-state index is 0.265. The molecule has 3 aromatic rings. The first-order valence-corrected chi connectivity index (χ1v) is 6.69. The molecule has 0 bridgehead atoms. The molecule has 0 fully saturated rings. The Morgan fingerprint density at radius 2 is 1.71 bits per heavy atom. The lowest BCUT2D eigenvalue weighted by atomic mass is 10.1. The van der Waals surface area contributed by atoms with Crippen LogP contribution >= 0.6 is 0 Å². The number of hydrogen-bond donors (Lipinski definition) is 3. The van der Waals surface area contributed by atoms with Crippen LogP contribution in [0.25, 0.3) is 10.9 Å². The highest BCUT2D eigenvalue weighted by molar-refractivity contribution is 6.00. The third kappa shape index (κ3) is 3.02. The zero-order chi connectivity index (χ0) is 14.8. The van der Waals surface area contributed by atoms with Crippen LogP contribution < -0.4 is 10.6 Å². The largest absolute Gasteiger partial charge is 0.323 e. The zero-order valence-corrected chi connectivity index (χ0v) is 11.9. The van der Waals surface area contributed by atoms with Gasteiger partial charge in [-0.2, -0.15) is 5.10 Å². The van der Waals surface area contributed by atoms with E-state index in [0.717, 1.165) is 27.7 Å². The fourth-order valence-corrected chi connectivity index (χ4v) is 2.36. The summed E-state index contributed by atoms with van der Waals surface area (Å²) < 4.78 is 0. The molecule has 21 heavy (non-hydrogen) atoms. The normalized spacial score (nSPS) is 10.6. The van der Waals surface area contributed by atoms with Gasteiger partial charge >= 0.3 is 6.03 Å². The van der Waals surface area contributed by atoms with E-state index in [9.17, 15) is 4.79 Å². The van der Waals surface area contributed by atoms with Gasteiger partial charge in [-0.25, -0.2) is 4.79 Å². The first-order valence-electron chi connectivity index (χ1n) is 6.69. The zero-order valence-electron chi connectivity index (χ0n) is 11.9. The molecule has 1 heterocycles. The van der Waals surface area contributed by atoms with Crippen molar-refractivity contribution < 1.29 is 4.79 Å². The molecule has 0 spiro atoms. The molecule has 3 rings (SSSR count). The highest BCUT2D eigenvalue weighted by atomic mass is 16.2. The van der Waals surface area contributed by atoms with Crippen LogP contribution in [0.15, 0.2) is 42.6 Å². The molecule has 2 aromatic carbocycles. The smallest absolute Gasteiger partial charge is 0.308 e. The van der Waals surface area contributed by atoms with Crippen LogP contribution in [0.3, 0.4) is 0 Å². The SMILES string of the molecule is Cc1cc(C)cc(NC(=O)Nc2ccc3cn[nH]c3c2)c1. The van der Waals surface area contributed by atoms with Crippen molar-refractivity contribution in [1.82, 2.24) is 10.2 Å². The Kier molecular flexibility index (Phi) is 3.31. The van der Waals surface area contributed by atoms with Crippen LogP contribution in [-0.2, 0) is 0 Å². The number of nitrogens with zero attached hydrogens (tertiary/aromatic N) is 1. The first-order chi connectivity index (χ1) is 10.1. The summed E-state index contributed by atoms with van der Waals surface area (Å²) in [6.07, 6.45) is 1.74. The molecular weight excluding hydrogens is 264 g/mol. The lowest BCUT2D eigenvalue weighted by molar-refractivity contribution is 0.262. The van der Waals surface area contributed by atoms with Gasteiger partial charge in [0.2, 0.25) is 0 Å². The lowest BCUT2D eigenvalue weighted by Crippen LogP contribution is -2.19. The molecule has 0 aliphatic heterocycles. The van der Waals surface area contributed by atoms with Crippen molar-refractivity contribution >= 4 is 28.3 Å². The summed E-state index contributed by atoms with van der Waals surface area (Å²) in [6, 6.07) is 11.3. The van der Waals surface area contributed by atoms with E-state index in [-0.39, 0.29) is 6.03 Å². The van der Waals surface area contributed by atoms with Gasteiger partial charge in [-0.1, -0.05) is 6.07 Å². The van der Waals surface area contributed by atoms with Crippen LogP contribution in [0, 0.1) is 13.8 Å². The van der Waals surface area contributed by atoms with Gasteiger partial charge in [-0.05, 0) is 55.3 Å². The van der Waals surface area contributed by atoms with E-state index in [1.807, 2.05) is 44.2 Å². The number of amides is 2. The number of nitrogens with one attached hydrogen (secondary N) is 3. The van der Waals surface area contributed by atoms with Gasteiger partial charge in [-0.3, -0.25) is 5.10 Å². The molecular formula is C16H16N4O. The number of fused-ring (bicyclic) bond motifs is 1. The molecule has 1 aromatic heterocycles. The fraction of sp³-hybridized carbons (Fsp3) is 0.125. The van der Waals surface area contributed by atoms with Crippen molar-refractivity contribution in [3.05, 3.63) is 53.7 Å². The summed E-state index contributed by atoms with van der Waals surface area (Å²) in [5.74, 6) is 0. The van der Waals surface area contributed by atoms with Crippen LogP contribution in [0.5, 0.6) is 0 Å². The molecule has 0 aliphatic carbocycles. The Bertz CT molecular complexity index is 787. The van der Waals surface area contributed by atoms with E-state index in [1.165, 1.54) is 0 Å². The predicted octanol–water partition coefficient (Wildman–Crippen LogP) is 3.82. The topological polar surface area (TPSA) is 69.8 Å². The molecule has 0 saturated heterocycles. The van der Waals surface area contributed by atoms with E-state index < -0.39 is 0 Å². The maximum absolute atomic E-state index is 12.0. The number of anilines is 2. The summed E-state index contributed by atoms with van der Waals surface area (Å²) in [4.78, 5) is 12.0. The quantitative estimate of drug-likeness (QED) is 0.667. The third-order valence-corrected chi connectivity index (χ3v) is 3.18. The molecule has 0 aliphatic rings. The molecule has 0 radical (unpaired) electrons. The number of aryl methyl sites for hydroxylation is 2. The number of carbonyl (C=O) groups is 1. The Morgan fingerprint density at radius 3 is 2.48 bits per heavy atom. The number of H-pyrrole nitrogens is 1. The minimum atomic E-state index is -0.265. The lowest BCUT2D eigenvalue weighted by Gasteiger charge is -2.09. The molecule has 0 unspecified atom stereocenters. The van der Waals surface area contributed by atoms with Crippen molar-refractivity contribution in [3.8, 4) is 0 Å². The Balaban J connectivity index is 1.73. The number of aromatic amines is 1. The van der Waals surface area contributed by atoms with Crippen molar-refractivity contribution in [2.45, 2.75) is 13.8 Å². The summed E-state index contributed by atoms with van der Waals surface area (Å²) in [7, 11) is 0. The standard InChI is InChI=1S/C16H16N4O/c1-10-5-11(2)7-14(6-10)19-16(21)18-13-4-3-12-9-17-20-15(12)8-13/h3-9H,1-2H3,(H,17,20)(H2,18,19,21). The predicted molar refractivity (Wildman–Crippen MR) is 84.7 cm³/mol.